The third-order valence-electron chi connectivity index (χ3n) is 3.30. The highest BCUT2D eigenvalue weighted by Gasteiger charge is 2.32. The van der Waals surface area contributed by atoms with Gasteiger partial charge in [-0.05, 0) is 35.2 Å². The van der Waals surface area contributed by atoms with Crippen LogP contribution in [0.5, 0.6) is 0 Å². The van der Waals surface area contributed by atoms with Crippen LogP contribution in [-0.2, 0) is 24.6 Å². The summed E-state index contributed by atoms with van der Waals surface area (Å²) in [5.74, 6) is 0. The Balaban J connectivity index is 2.20. The van der Waals surface area contributed by atoms with Crippen LogP contribution < -0.4 is 0 Å². The van der Waals surface area contributed by atoms with Crippen LogP contribution in [0.4, 0.5) is 0 Å². The summed E-state index contributed by atoms with van der Waals surface area (Å²) in [4.78, 5) is 0. The van der Waals surface area contributed by atoms with Gasteiger partial charge in [0, 0.05) is 20.1 Å². The molecule has 0 radical (unpaired) electrons. The lowest BCUT2D eigenvalue weighted by Gasteiger charge is -2.32. The molecule has 1 aromatic heterocycles. The normalized spacial score (nSPS) is 25.2. The van der Waals surface area contributed by atoms with Crippen LogP contribution in [-0.4, -0.2) is 33.7 Å². The molecule has 96 valence electrons. The first-order valence-corrected chi connectivity index (χ1v) is 6.85. The number of nitrogens with zero attached hydrogens (tertiary/aromatic N) is 2. The minimum atomic E-state index is -0.737. The van der Waals surface area contributed by atoms with Crippen molar-refractivity contribution in [3.05, 3.63) is 15.9 Å². The molecule has 1 unspecified atom stereocenters. The van der Waals surface area contributed by atoms with E-state index in [9.17, 15) is 5.11 Å². The van der Waals surface area contributed by atoms with E-state index in [1.165, 1.54) is 0 Å². The maximum atomic E-state index is 10.5. The Kier molecular flexibility index (Phi) is 3.90. The summed E-state index contributed by atoms with van der Waals surface area (Å²) in [6.45, 7) is 3.26. The zero-order valence-corrected chi connectivity index (χ0v) is 12.0. The van der Waals surface area contributed by atoms with E-state index < -0.39 is 5.60 Å². The maximum Gasteiger partial charge on any atom is 0.0936 e. The molecule has 1 N–H and O–H groups in total. The van der Waals surface area contributed by atoms with Crippen molar-refractivity contribution in [2.45, 2.75) is 38.2 Å². The Morgan fingerprint density at radius 1 is 1.59 bits per heavy atom. The van der Waals surface area contributed by atoms with Crippen molar-refractivity contribution in [2.24, 2.45) is 7.05 Å². The number of hydrogen-bond acceptors (Lipinski definition) is 3. The first-order chi connectivity index (χ1) is 8.06. The van der Waals surface area contributed by atoms with Gasteiger partial charge in [0.15, 0.2) is 0 Å². The highest BCUT2D eigenvalue weighted by Crippen LogP contribution is 2.29. The summed E-state index contributed by atoms with van der Waals surface area (Å²) in [7, 11) is 1.92. The van der Waals surface area contributed by atoms with E-state index in [1.54, 1.807) is 0 Å². The molecular weight excluding hydrogens is 284 g/mol. The topological polar surface area (TPSA) is 47.3 Å². The second-order valence-corrected chi connectivity index (χ2v) is 5.53. The van der Waals surface area contributed by atoms with Gasteiger partial charge < -0.3 is 9.84 Å². The smallest absolute Gasteiger partial charge is 0.0936 e. The average molecular weight is 303 g/mol. The van der Waals surface area contributed by atoms with Gasteiger partial charge in [0.05, 0.1) is 28.1 Å². The molecule has 5 heteroatoms. The van der Waals surface area contributed by atoms with Gasteiger partial charge in [-0.1, -0.05) is 6.92 Å². The lowest BCUT2D eigenvalue weighted by Crippen LogP contribution is -2.41. The van der Waals surface area contributed by atoms with Gasteiger partial charge in [0.1, 0.15) is 0 Å². The summed E-state index contributed by atoms with van der Waals surface area (Å²) in [6.07, 6.45) is 3.21. The van der Waals surface area contributed by atoms with Crippen LogP contribution in [0.2, 0.25) is 0 Å². The summed E-state index contributed by atoms with van der Waals surface area (Å²) in [6, 6.07) is 0. The Hall–Kier alpha value is -0.390. The number of ether oxygens (including phenoxy) is 1. The van der Waals surface area contributed by atoms with E-state index in [4.69, 9.17) is 4.74 Å². The van der Waals surface area contributed by atoms with Gasteiger partial charge in [-0.15, -0.1) is 0 Å². The van der Waals surface area contributed by atoms with E-state index in [2.05, 4.69) is 28.0 Å². The number of aromatic nitrogens is 2. The highest BCUT2D eigenvalue weighted by molar-refractivity contribution is 9.10. The Bertz CT molecular complexity index is 397. The molecule has 0 aromatic carbocycles. The molecule has 1 fully saturated rings. The fourth-order valence-corrected chi connectivity index (χ4v) is 3.06. The van der Waals surface area contributed by atoms with E-state index in [0.717, 1.165) is 41.7 Å². The van der Waals surface area contributed by atoms with Crippen LogP contribution in [0.3, 0.4) is 0 Å². The third-order valence-corrected chi connectivity index (χ3v) is 4.22. The fourth-order valence-electron chi connectivity index (χ4n) is 2.30. The molecule has 17 heavy (non-hydrogen) atoms. The van der Waals surface area contributed by atoms with Crippen molar-refractivity contribution in [2.75, 3.05) is 13.2 Å². The fraction of sp³-hybridized carbons (Fsp3) is 0.750. The van der Waals surface area contributed by atoms with E-state index in [-0.39, 0.29) is 0 Å². The molecule has 0 aliphatic carbocycles. The monoisotopic (exact) mass is 302 g/mol. The molecule has 1 saturated heterocycles. The summed E-state index contributed by atoms with van der Waals surface area (Å²) >= 11 is 3.58. The highest BCUT2D eigenvalue weighted by atomic mass is 79.9. The van der Waals surface area contributed by atoms with Crippen LogP contribution >= 0.6 is 15.9 Å². The molecule has 1 aromatic rings. The van der Waals surface area contributed by atoms with E-state index in [1.807, 2.05) is 11.7 Å². The average Bonchev–Trinajstić information content (AvgIpc) is 2.57. The number of halogens is 1. The molecule has 0 spiro atoms. The number of aryl methyl sites for hydroxylation is 2. The Morgan fingerprint density at radius 2 is 2.35 bits per heavy atom. The predicted molar refractivity (Wildman–Crippen MR) is 69.0 cm³/mol. The molecule has 1 atom stereocenters. The molecule has 1 aliphatic heterocycles. The second kappa shape index (κ2) is 5.08. The second-order valence-electron chi connectivity index (χ2n) is 4.74. The number of aliphatic hydroxyl groups is 1. The molecule has 0 amide bonds. The first-order valence-electron chi connectivity index (χ1n) is 6.06. The van der Waals surface area contributed by atoms with Crippen molar-refractivity contribution in [3.8, 4) is 0 Å². The van der Waals surface area contributed by atoms with E-state index >= 15 is 0 Å². The first kappa shape index (κ1) is 13.1. The zero-order chi connectivity index (χ0) is 12.5. The van der Waals surface area contributed by atoms with Crippen molar-refractivity contribution < 1.29 is 9.84 Å². The summed E-state index contributed by atoms with van der Waals surface area (Å²) in [5.41, 5.74) is 1.36. The third kappa shape index (κ3) is 2.72. The molecule has 1 aliphatic rings. The van der Waals surface area contributed by atoms with Crippen molar-refractivity contribution in [1.82, 2.24) is 9.78 Å². The molecule has 0 saturated carbocycles. The summed E-state index contributed by atoms with van der Waals surface area (Å²) in [5, 5.41) is 14.9. The number of hydrogen-bond donors (Lipinski definition) is 1. The van der Waals surface area contributed by atoms with Crippen LogP contribution in [0, 0.1) is 0 Å². The molecule has 0 bridgehead atoms. The number of rotatable bonds is 3. The van der Waals surface area contributed by atoms with Crippen molar-refractivity contribution >= 4 is 15.9 Å². The Morgan fingerprint density at radius 3 is 2.88 bits per heavy atom. The molecular formula is C12H19BrN2O2. The van der Waals surface area contributed by atoms with Crippen molar-refractivity contribution in [3.63, 3.8) is 0 Å². The van der Waals surface area contributed by atoms with Crippen molar-refractivity contribution in [1.29, 1.82) is 0 Å². The molecule has 2 rings (SSSR count). The standard InChI is InChI=1S/C12H19BrN2O2/c1-3-9-11(13)10(15(2)14-9)7-12(16)5-4-6-17-8-12/h16H,3-8H2,1-2H3. The van der Waals surface area contributed by atoms with Gasteiger partial charge in [0.25, 0.3) is 0 Å². The van der Waals surface area contributed by atoms with E-state index in [0.29, 0.717) is 13.0 Å². The largest absolute Gasteiger partial charge is 0.387 e. The lowest BCUT2D eigenvalue weighted by molar-refractivity contribution is -0.0854. The van der Waals surface area contributed by atoms with Gasteiger partial charge in [0.2, 0.25) is 0 Å². The van der Waals surface area contributed by atoms with Gasteiger partial charge in [-0.25, -0.2) is 0 Å². The molecule has 4 nitrogen and oxygen atoms in total. The minimum absolute atomic E-state index is 0.423. The zero-order valence-electron chi connectivity index (χ0n) is 10.4. The quantitative estimate of drug-likeness (QED) is 0.927. The lowest BCUT2D eigenvalue weighted by atomic mass is 9.91. The van der Waals surface area contributed by atoms with Crippen LogP contribution in [0.15, 0.2) is 4.47 Å². The maximum absolute atomic E-state index is 10.5. The van der Waals surface area contributed by atoms with Gasteiger partial charge in [-0.2, -0.15) is 5.10 Å². The van der Waals surface area contributed by atoms with Crippen LogP contribution in [0.25, 0.3) is 0 Å². The van der Waals surface area contributed by atoms with Crippen LogP contribution in [0.1, 0.15) is 31.2 Å². The van der Waals surface area contributed by atoms with Gasteiger partial charge in [-0.3, -0.25) is 4.68 Å². The van der Waals surface area contributed by atoms with Gasteiger partial charge >= 0.3 is 0 Å². The predicted octanol–water partition coefficient (Wildman–Crippen LogP) is 1.83. The SMILES string of the molecule is CCc1nn(C)c(CC2(O)CCCOC2)c1Br. The molecule has 2 heterocycles. The summed E-state index contributed by atoms with van der Waals surface area (Å²) < 4.78 is 8.26. The Labute approximate surface area is 110 Å². The minimum Gasteiger partial charge on any atom is -0.387 e.